The van der Waals surface area contributed by atoms with Crippen molar-refractivity contribution in [3.8, 4) is 11.8 Å². The maximum atomic E-state index is 11.6. The van der Waals surface area contributed by atoms with Crippen molar-refractivity contribution in [1.29, 1.82) is 5.26 Å². The molecule has 0 saturated heterocycles. The van der Waals surface area contributed by atoms with E-state index in [0.717, 1.165) is 12.0 Å². The molecule has 2 aromatic rings. The summed E-state index contributed by atoms with van der Waals surface area (Å²) in [5.41, 5.74) is 1.63. The molecule has 0 saturated carbocycles. The highest BCUT2D eigenvalue weighted by atomic mass is 16.5. The van der Waals surface area contributed by atoms with Gasteiger partial charge < -0.3 is 10.1 Å². The number of benzene rings is 1. The molecule has 0 fully saturated rings. The Kier molecular flexibility index (Phi) is 4.94. The van der Waals surface area contributed by atoms with E-state index in [-0.39, 0.29) is 12.5 Å². The van der Waals surface area contributed by atoms with E-state index in [9.17, 15) is 4.79 Å². The number of aryl methyl sites for hydroxylation is 1. The van der Waals surface area contributed by atoms with E-state index >= 15 is 0 Å². The van der Waals surface area contributed by atoms with Crippen LogP contribution in [0.25, 0.3) is 0 Å². The van der Waals surface area contributed by atoms with Crippen LogP contribution in [0.2, 0.25) is 0 Å². The molecule has 1 aromatic heterocycles. The van der Waals surface area contributed by atoms with E-state index in [4.69, 9.17) is 10.00 Å². The van der Waals surface area contributed by atoms with Crippen LogP contribution in [0.5, 0.6) is 5.75 Å². The van der Waals surface area contributed by atoms with Crippen LogP contribution < -0.4 is 10.1 Å². The van der Waals surface area contributed by atoms with Crippen molar-refractivity contribution in [3.05, 3.63) is 47.8 Å². The van der Waals surface area contributed by atoms with E-state index in [2.05, 4.69) is 10.4 Å². The number of carbonyl (C=O) groups is 1. The summed E-state index contributed by atoms with van der Waals surface area (Å²) < 4.78 is 7.06. The molecule has 0 aliphatic rings. The van der Waals surface area contributed by atoms with Gasteiger partial charge in [0.2, 0.25) is 0 Å². The van der Waals surface area contributed by atoms with Crippen molar-refractivity contribution < 1.29 is 9.53 Å². The molecule has 0 bridgehead atoms. The lowest BCUT2D eigenvalue weighted by Gasteiger charge is -2.07. The minimum Gasteiger partial charge on any atom is -0.484 e. The first kappa shape index (κ1) is 14.6. The van der Waals surface area contributed by atoms with Gasteiger partial charge in [-0.2, -0.15) is 10.4 Å². The first-order valence-electron chi connectivity index (χ1n) is 6.54. The van der Waals surface area contributed by atoms with Crippen molar-refractivity contribution in [1.82, 2.24) is 15.1 Å². The Hall–Kier alpha value is -2.81. The van der Waals surface area contributed by atoms with Gasteiger partial charge in [0.25, 0.3) is 5.91 Å². The number of nitrogens with zero attached hydrogens (tertiary/aromatic N) is 3. The summed E-state index contributed by atoms with van der Waals surface area (Å²) in [6, 6.07) is 8.66. The maximum Gasteiger partial charge on any atom is 0.257 e. The molecule has 0 atom stereocenters. The van der Waals surface area contributed by atoms with E-state index < -0.39 is 0 Å². The molecule has 2 rings (SSSR count). The highest BCUT2D eigenvalue weighted by Gasteiger charge is 2.03. The number of hydrogen-bond donors (Lipinski definition) is 1. The average molecular weight is 284 g/mol. The van der Waals surface area contributed by atoms with Crippen molar-refractivity contribution in [2.24, 2.45) is 7.05 Å². The van der Waals surface area contributed by atoms with Crippen molar-refractivity contribution in [3.63, 3.8) is 0 Å². The fourth-order valence-corrected chi connectivity index (χ4v) is 1.77. The van der Waals surface area contributed by atoms with Crippen LogP contribution in [-0.4, -0.2) is 28.8 Å². The fourth-order valence-electron chi connectivity index (χ4n) is 1.77. The van der Waals surface area contributed by atoms with E-state index in [0.29, 0.717) is 17.9 Å². The number of amides is 1. The molecule has 21 heavy (non-hydrogen) atoms. The van der Waals surface area contributed by atoms with Gasteiger partial charge in [-0.05, 0) is 36.2 Å². The molecule has 0 spiro atoms. The molecular formula is C15H16N4O2. The second kappa shape index (κ2) is 7.10. The van der Waals surface area contributed by atoms with Crippen LogP contribution in [0.3, 0.4) is 0 Å². The maximum absolute atomic E-state index is 11.6. The first-order chi connectivity index (χ1) is 10.2. The van der Waals surface area contributed by atoms with E-state index in [1.165, 1.54) is 0 Å². The summed E-state index contributed by atoms with van der Waals surface area (Å²) in [6.07, 6.45) is 4.43. The zero-order valence-electron chi connectivity index (χ0n) is 11.7. The molecule has 1 heterocycles. The van der Waals surface area contributed by atoms with Crippen LogP contribution in [-0.2, 0) is 18.3 Å². The minimum atomic E-state index is -0.178. The number of carbonyl (C=O) groups excluding carboxylic acids is 1. The average Bonchev–Trinajstić information content (AvgIpc) is 2.91. The van der Waals surface area contributed by atoms with Gasteiger partial charge in [0.1, 0.15) is 5.75 Å². The Balaban J connectivity index is 1.68. The van der Waals surface area contributed by atoms with Crippen LogP contribution >= 0.6 is 0 Å². The van der Waals surface area contributed by atoms with Gasteiger partial charge in [-0.3, -0.25) is 9.48 Å². The number of nitriles is 1. The molecule has 0 unspecified atom stereocenters. The zero-order chi connectivity index (χ0) is 15.1. The van der Waals surface area contributed by atoms with Gasteiger partial charge in [-0.15, -0.1) is 0 Å². The number of rotatable bonds is 6. The molecule has 1 aromatic carbocycles. The third-order valence-corrected chi connectivity index (χ3v) is 2.85. The quantitative estimate of drug-likeness (QED) is 0.859. The molecule has 0 aliphatic heterocycles. The largest absolute Gasteiger partial charge is 0.484 e. The van der Waals surface area contributed by atoms with Gasteiger partial charge in [0.05, 0.1) is 17.8 Å². The van der Waals surface area contributed by atoms with Gasteiger partial charge in [-0.25, -0.2) is 0 Å². The van der Waals surface area contributed by atoms with E-state index in [1.54, 1.807) is 35.1 Å². The summed E-state index contributed by atoms with van der Waals surface area (Å²) in [5.74, 6) is 0.389. The summed E-state index contributed by atoms with van der Waals surface area (Å²) in [5, 5.41) is 15.5. The molecule has 1 N–H and O–H groups in total. The molecular weight excluding hydrogens is 268 g/mol. The Labute approximate surface area is 123 Å². The highest BCUT2D eigenvalue weighted by Crippen LogP contribution is 2.11. The smallest absolute Gasteiger partial charge is 0.257 e. The molecule has 6 heteroatoms. The van der Waals surface area contributed by atoms with Gasteiger partial charge in [0, 0.05) is 19.8 Å². The molecule has 1 amide bonds. The molecule has 108 valence electrons. The van der Waals surface area contributed by atoms with Gasteiger partial charge in [0.15, 0.2) is 6.61 Å². The van der Waals surface area contributed by atoms with Crippen molar-refractivity contribution in [2.45, 2.75) is 6.42 Å². The number of aromatic nitrogens is 2. The first-order valence-corrected chi connectivity index (χ1v) is 6.54. The normalized spacial score (nSPS) is 9.90. The summed E-state index contributed by atoms with van der Waals surface area (Å²) in [6.45, 7) is 0.500. The Morgan fingerprint density at radius 3 is 2.81 bits per heavy atom. The van der Waals surface area contributed by atoms with Gasteiger partial charge in [-0.1, -0.05) is 0 Å². The molecule has 0 radical (unpaired) electrons. The molecule has 0 aliphatic carbocycles. The van der Waals surface area contributed by atoms with Crippen molar-refractivity contribution in [2.75, 3.05) is 13.2 Å². The van der Waals surface area contributed by atoms with Crippen molar-refractivity contribution >= 4 is 5.91 Å². The fraction of sp³-hybridized carbons (Fsp3) is 0.267. The second-order valence-electron chi connectivity index (χ2n) is 4.55. The summed E-state index contributed by atoms with van der Waals surface area (Å²) in [7, 11) is 1.85. The topological polar surface area (TPSA) is 79.9 Å². The monoisotopic (exact) mass is 284 g/mol. The number of ether oxygens (including phenoxy) is 1. The van der Waals surface area contributed by atoms with Crippen LogP contribution in [0.15, 0.2) is 36.7 Å². The lowest BCUT2D eigenvalue weighted by Crippen LogP contribution is -2.30. The van der Waals surface area contributed by atoms with E-state index in [1.807, 2.05) is 19.3 Å². The van der Waals surface area contributed by atoms with Crippen LogP contribution in [0, 0.1) is 11.3 Å². The Morgan fingerprint density at radius 1 is 1.43 bits per heavy atom. The number of hydrogen-bond acceptors (Lipinski definition) is 4. The van der Waals surface area contributed by atoms with Gasteiger partial charge >= 0.3 is 0 Å². The third kappa shape index (κ3) is 4.66. The SMILES string of the molecule is Cn1cc(CCNC(=O)COc2ccc(C#N)cc2)cn1. The minimum absolute atomic E-state index is 0.0427. The Morgan fingerprint density at radius 2 is 2.19 bits per heavy atom. The second-order valence-corrected chi connectivity index (χ2v) is 4.55. The lowest BCUT2D eigenvalue weighted by atomic mass is 10.2. The van der Waals surface area contributed by atoms with Crippen LogP contribution in [0.1, 0.15) is 11.1 Å². The van der Waals surface area contributed by atoms with Crippen LogP contribution in [0.4, 0.5) is 0 Å². The third-order valence-electron chi connectivity index (χ3n) is 2.85. The zero-order valence-corrected chi connectivity index (χ0v) is 11.7. The lowest BCUT2D eigenvalue weighted by molar-refractivity contribution is -0.123. The number of nitrogens with one attached hydrogen (secondary N) is 1. The molecule has 6 nitrogen and oxygen atoms in total. The summed E-state index contributed by atoms with van der Waals surface area (Å²) >= 11 is 0. The highest BCUT2D eigenvalue weighted by molar-refractivity contribution is 5.77. The summed E-state index contributed by atoms with van der Waals surface area (Å²) in [4.78, 5) is 11.6. The standard InChI is InChI=1S/C15H16N4O2/c1-19-10-13(9-18-19)6-7-17-15(20)11-21-14-4-2-12(8-16)3-5-14/h2-5,9-10H,6-7,11H2,1H3,(H,17,20). The predicted molar refractivity (Wildman–Crippen MR) is 76.6 cm³/mol. The Bertz CT molecular complexity index is 640. The predicted octanol–water partition coefficient (Wildman–Crippen LogP) is 1.03.